The number of benzene rings is 1. The van der Waals surface area contributed by atoms with Crippen molar-refractivity contribution in [3.8, 4) is 0 Å². The minimum Gasteiger partial charge on any atom is -0.393 e. The molecule has 0 saturated heterocycles. The first kappa shape index (κ1) is 15.0. The summed E-state index contributed by atoms with van der Waals surface area (Å²) in [6.45, 7) is 1.15. The van der Waals surface area contributed by atoms with Crippen LogP contribution in [0.5, 0.6) is 0 Å². The lowest BCUT2D eigenvalue weighted by molar-refractivity contribution is 0.000721. The van der Waals surface area contributed by atoms with E-state index in [-0.39, 0.29) is 18.7 Å². The Morgan fingerprint density at radius 1 is 1.33 bits per heavy atom. The molecule has 0 bridgehead atoms. The third kappa shape index (κ3) is 4.30. The van der Waals surface area contributed by atoms with E-state index < -0.39 is 29.9 Å². The lowest BCUT2D eigenvalue weighted by atomic mass is 10.1. The molecule has 4 nitrogen and oxygen atoms in total. The van der Waals surface area contributed by atoms with Crippen molar-refractivity contribution < 1.29 is 24.1 Å². The fourth-order valence-corrected chi connectivity index (χ4v) is 1.37. The molecule has 0 aliphatic rings. The van der Waals surface area contributed by atoms with Crippen LogP contribution in [0.1, 0.15) is 18.6 Å². The second-order valence-corrected chi connectivity index (χ2v) is 4.48. The maximum atomic E-state index is 12.9. The Morgan fingerprint density at radius 3 is 2.56 bits per heavy atom. The first-order valence-electron chi connectivity index (χ1n) is 5.53. The Labute approximate surface area is 104 Å². The van der Waals surface area contributed by atoms with E-state index >= 15 is 0 Å². The molecular formula is C12H17F2NO3. The van der Waals surface area contributed by atoms with Gasteiger partial charge in [-0.3, -0.25) is 0 Å². The highest BCUT2D eigenvalue weighted by atomic mass is 19.2. The molecule has 0 radical (unpaired) electrons. The maximum absolute atomic E-state index is 12.9. The zero-order valence-electron chi connectivity index (χ0n) is 10.0. The Kier molecular flexibility index (Phi) is 5.15. The molecule has 102 valence electrons. The van der Waals surface area contributed by atoms with Crippen molar-refractivity contribution in [3.05, 3.63) is 35.4 Å². The predicted molar refractivity (Wildman–Crippen MR) is 61.9 cm³/mol. The van der Waals surface area contributed by atoms with Crippen LogP contribution in [0.2, 0.25) is 0 Å². The highest BCUT2D eigenvalue weighted by molar-refractivity contribution is 5.20. The van der Waals surface area contributed by atoms with Crippen molar-refractivity contribution in [3.63, 3.8) is 0 Å². The number of hydrogen-bond donors (Lipinski definition) is 4. The number of aliphatic hydroxyl groups is 3. The molecule has 1 aromatic rings. The van der Waals surface area contributed by atoms with Gasteiger partial charge in [-0.25, -0.2) is 8.78 Å². The van der Waals surface area contributed by atoms with E-state index in [0.717, 1.165) is 12.1 Å². The molecule has 0 saturated carbocycles. The molecule has 1 aromatic carbocycles. The first-order chi connectivity index (χ1) is 8.35. The third-order valence-electron chi connectivity index (χ3n) is 2.51. The first-order valence-corrected chi connectivity index (χ1v) is 5.53. The lowest BCUT2D eigenvalue weighted by Crippen LogP contribution is -2.42. The van der Waals surface area contributed by atoms with Gasteiger partial charge in [-0.2, -0.15) is 0 Å². The van der Waals surface area contributed by atoms with Gasteiger partial charge in [0, 0.05) is 13.1 Å². The minimum atomic E-state index is -1.28. The van der Waals surface area contributed by atoms with Crippen molar-refractivity contribution >= 4 is 0 Å². The summed E-state index contributed by atoms with van der Waals surface area (Å²) in [6, 6.07) is 3.15. The van der Waals surface area contributed by atoms with Gasteiger partial charge >= 0.3 is 0 Å². The van der Waals surface area contributed by atoms with E-state index in [1.54, 1.807) is 0 Å². The Bertz CT molecular complexity index is 399. The summed E-state index contributed by atoms with van der Waals surface area (Å²) in [5.74, 6) is -1.99. The van der Waals surface area contributed by atoms with Crippen molar-refractivity contribution in [2.75, 3.05) is 19.7 Å². The van der Waals surface area contributed by atoms with Crippen LogP contribution in [0.4, 0.5) is 8.78 Å². The van der Waals surface area contributed by atoms with Gasteiger partial charge in [0.2, 0.25) is 0 Å². The number of rotatable bonds is 6. The van der Waals surface area contributed by atoms with Crippen LogP contribution in [0.3, 0.4) is 0 Å². The van der Waals surface area contributed by atoms with E-state index in [2.05, 4.69) is 5.32 Å². The molecule has 0 aliphatic carbocycles. The van der Waals surface area contributed by atoms with Gasteiger partial charge in [0.05, 0.1) is 18.3 Å². The van der Waals surface area contributed by atoms with Gasteiger partial charge in [0.15, 0.2) is 11.6 Å². The quantitative estimate of drug-likeness (QED) is 0.595. The summed E-state index contributed by atoms with van der Waals surface area (Å²) in [5, 5.41) is 30.7. The van der Waals surface area contributed by atoms with Gasteiger partial charge in [0.25, 0.3) is 0 Å². The van der Waals surface area contributed by atoms with Crippen molar-refractivity contribution in [1.29, 1.82) is 0 Å². The van der Waals surface area contributed by atoms with E-state index in [1.165, 1.54) is 13.0 Å². The number of nitrogens with one attached hydrogen (secondary N) is 1. The molecule has 18 heavy (non-hydrogen) atoms. The zero-order chi connectivity index (χ0) is 13.8. The minimum absolute atomic E-state index is 0.0568. The monoisotopic (exact) mass is 261 g/mol. The molecule has 0 fully saturated rings. The van der Waals surface area contributed by atoms with Crippen molar-refractivity contribution in [2.45, 2.75) is 18.6 Å². The molecular weight excluding hydrogens is 244 g/mol. The normalized spacial score (nSPS) is 16.3. The summed E-state index contributed by atoms with van der Waals surface area (Å²) in [7, 11) is 0. The molecule has 0 amide bonds. The fraction of sp³-hybridized carbons (Fsp3) is 0.500. The second-order valence-electron chi connectivity index (χ2n) is 4.48. The highest BCUT2D eigenvalue weighted by Gasteiger charge is 2.19. The van der Waals surface area contributed by atoms with Gasteiger partial charge in [-0.15, -0.1) is 0 Å². The van der Waals surface area contributed by atoms with Crippen molar-refractivity contribution in [1.82, 2.24) is 5.32 Å². The van der Waals surface area contributed by atoms with Crippen LogP contribution in [-0.2, 0) is 0 Å². The molecule has 6 heteroatoms. The van der Waals surface area contributed by atoms with Gasteiger partial charge in [-0.05, 0) is 24.6 Å². The third-order valence-corrected chi connectivity index (χ3v) is 2.51. The summed E-state index contributed by atoms with van der Waals surface area (Å²) >= 11 is 0. The molecule has 0 heterocycles. The largest absolute Gasteiger partial charge is 0.393 e. The van der Waals surface area contributed by atoms with Crippen LogP contribution in [0.15, 0.2) is 18.2 Å². The highest BCUT2D eigenvalue weighted by Crippen LogP contribution is 2.15. The summed E-state index contributed by atoms with van der Waals surface area (Å²) in [5.41, 5.74) is -1.04. The molecule has 2 atom stereocenters. The van der Waals surface area contributed by atoms with Crippen LogP contribution in [-0.4, -0.2) is 40.6 Å². The van der Waals surface area contributed by atoms with Crippen molar-refractivity contribution in [2.24, 2.45) is 0 Å². The number of hydrogen-bond acceptors (Lipinski definition) is 4. The average molecular weight is 261 g/mol. The topological polar surface area (TPSA) is 72.7 Å². The second kappa shape index (κ2) is 6.19. The van der Waals surface area contributed by atoms with Crippen LogP contribution in [0.25, 0.3) is 0 Å². The number of aliphatic hydroxyl groups excluding tert-OH is 2. The lowest BCUT2D eigenvalue weighted by Gasteiger charge is -2.22. The summed E-state index contributed by atoms with van der Waals surface area (Å²) < 4.78 is 25.6. The van der Waals surface area contributed by atoms with Gasteiger partial charge in [0.1, 0.15) is 0 Å². The van der Waals surface area contributed by atoms with E-state index in [4.69, 9.17) is 5.11 Å². The molecule has 2 unspecified atom stereocenters. The number of halogens is 2. The summed E-state index contributed by atoms with van der Waals surface area (Å²) in [4.78, 5) is 0. The van der Waals surface area contributed by atoms with Crippen LogP contribution >= 0.6 is 0 Å². The SMILES string of the molecule is CC(O)(CO)CNCC(O)c1ccc(F)c(F)c1. The Balaban J connectivity index is 2.50. The summed E-state index contributed by atoms with van der Waals surface area (Å²) in [6.07, 6.45) is -1.02. The molecule has 0 aliphatic heterocycles. The standard InChI is InChI=1S/C12H17F2NO3/c1-12(18,7-16)6-15-5-11(17)8-2-3-9(13)10(14)4-8/h2-4,11,15-18H,5-7H2,1H3. The van der Waals surface area contributed by atoms with Gasteiger partial charge in [-0.1, -0.05) is 6.07 Å². The van der Waals surface area contributed by atoms with Crippen LogP contribution in [0, 0.1) is 11.6 Å². The maximum Gasteiger partial charge on any atom is 0.159 e. The van der Waals surface area contributed by atoms with E-state index in [0.29, 0.717) is 0 Å². The van der Waals surface area contributed by atoms with Gasteiger partial charge < -0.3 is 20.6 Å². The van der Waals surface area contributed by atoms with E-state index in [1.807, 2.05) is 0 Å². The molecule has 0 spiro atoms. The smallest absolute Gasteiger partial charge is 0.159 e. The molecule has 4 N–H and O–H groups in total. The predicted octanol–water partition coefficient (Wildman–Crippen LogP) is 0.331. The average Bonchev–Trinajstić information content (AvgIpc) is 2.32. The van der Waals surface area contributed by atoms with E-state index in [9.17, 15) is 19.0 Å². The zero-order valence-corrected chi connectivity index (χ0v) is 10.0. The molecule has 1 rings (SSSR count). The molecule has 0 aromatic heterocycles. The van der Waals surface area contributed by atoms with Crippen LogP contribution < -0.4 is 5.32 Å². The Morgan fingerprint density at radius 2 is 2.00 bits per heavy atom. The Hall–Kier alpha value is -1.08. The fourth-order valence-electron chi connectivity index (χ4n) is 1.37.